The van der Waals surface area contributed by atoms with Crippen LogP contribution in [0.3, 0.4) is 0 Å². The molecule has 0 aliphatic rings. The van der Waals surface area contributed by atoms with E-state index in [-0.39, 0.29) is 5.56 Å². The summed E-state index contributed by atoms with van der Waals surface area (Å²) in [7, 11) is 0. The van der Waals surface area contributed by atoms with Crippen molar-refractivity contribution in [1.82, 2.24) is 9.72 Å². The minimum atomic E-state index is -1.16. The Morgan fingerprint density at radius 1 is 1.23 bits per heavy atom. The first-order valence-electron chi connectivity index (χ1n) is 8.15. The van der Waals surface area contributed by atoms with Gasteiger partial charge in [0.05, 0.1) is 17.7 Å². The summed E-state index contributed by atoms with van der Waals surface area (Å²) in [5.74, 6) is -0.659. The molecule has 2 rings (SSSR count). The Balaban J connectivity index is 1.90. The van der Waals surface area contributed by atoms with Gasteiger partial charge in [0.1, 0.15) is 11.4 Å². The van der Waals surface area contributed by atoms with Crippen LogP contribution >= 0.6 is 0 Å². The first-order valence-corrected chi connectivity index (χ1v) is 8.15. The van der Waals surface area contributed by atoms with E-state index in [0.717, 1.165) is 6.07 Å². The Morgan fingerprint density at radius 3 is 2.62 bits per heavy atom. The Labute approximate surface area is 150 Å². The third-order valence-electron chi connectivity index (χ3n) is 3.28. The average Bonchev–Trinajstić information content (AvgIpc) is 2.52. The summed E-state index contributed by atoms with van der Waals surface area (Å²) in [5, 5.41) is 11.7. The lowest BCUT2D eigenvalue weighted by Gasteiger charge is -2.19. The van der Waals surface area contributed by atoms with Crippen LogP contribution in [0.25, 0.3) is 5.52 Å². The second-order valence-corrected chi connectivity index (χ2v) is 6.68. The van der Waals surface area contributed by atoms with Crippen LogP contribution in [0.2, 0.25) is 0 Å². The number of fused-ring (bicyclic) bond motifs is 1. The molecule has 8 nitrogen and oxygen atoms in total. The molecule has 2 aromatic rings. The van der Waals surface area contributed by atoms with Crippen LogP contribution in [0.5, 0.6) is 5.75 Å². The molecule has 0 bridgehead atoms. The molecule has 0 aliphatic heterocycles. The lowest BCUT2D eigenvalue weighted by atomic mass is 10.2. The van der Waals surface area contributed by atoms with Gasteiger partial charge in [-0.1, -0.05) is 0 Å². The molecule has 2 N–H and O–H groups in total. The summed E-state index contributed by atoms with van der Waals surface area (Å²) < 4.78 is 12.0. The van der Waals surface area contributed by atoms with Gasteiger partial charge in [-0.15, -0.1) is 0 Å². The number of nitrogens with one attached hydrogen (secondary N) is 1. The van der Waals surface area contributed by atoms with Gasteiger partial charge in [0.2, 0.25) is 0 Å². The van der Waals surface area contributed by atoms with Crippen LogP contribution in [0, 0.1) is 0 Å². The standard InChI is InChI=1S/C18H22N2O6/c1-18(2,3)26-17(24)19-6-4-8-25-14-5-7-20-13(11-14)9-12(16(22)23)10-15(20)21/h5,7,9-11H,4,6,8H2,1-3H3,(H,19,24)(H,22,23). The number of rotatable bonds is 6. The SMILES string of the molecule is CC(C)(C)OC(=O)NCCCOc1ccn2c(=O)cc(C(=O)O)cc2c1. The number of ether oxygens (including phenoxy) is 2. The third-order valence-corrected chi connectivity index (χ3v) is 3.28. The summed E-state index contributed by atoms with van der Waals surface area (Å²) >= 11 is 0. The molecule has 0 fully saturated rings. The maximum absolute atomic E-state index is 11.9. The number of aromatic nitrogens is 1. The molecular formula is C18H22N2O6. The van der Waals surface area contributed by atoms with E-state index in [0.29, 0.717) is 30.8 Å². The van der Waals surface area contributed by atoms with Gasteiger partial charge >= 0.3 is 12.1 Å². The number of hydrogen-bond donors (Lipinski definition) is 2. The van der Waals surface area contributed by atoms with Crippen molar-refractivity contribution >= 4 is 17.6 Å². The Hall–Kier alpha value is -3.03. The van der Waals surface area contributed by atoms with Crippen LogP contribution in [-0.4, -0.2) is 40.3 Å². The molecule has 26 heavy (non-hydrogen) atoms. The van der Waals surface area contributed by atoms with Gasteiger partial charge in [0.15, 0.2) is 0 Å². The molecule has 0 saturated heterocycles. The molecule has 0 unspecified atom stereocenters. The van der Waals surface area contributed by atoms with E-state index in [1.807, 2.05) is 0 Å². The topological polar surface area (TPSA) is 106 Å². The van der Waals surface area contributed by atoms with Crippen molar-refractivity contribution < 1.29 is 24.2 Å². The van der Waals surface area contributed by atoms with Crippen molar-refractivity contribution in [3.63, 3.8) is 0 Å². The van der Waals surface area contributed by atoms with E-state index in [2.05, 4.69) is 5.32 Å². The van der Waals surface area contributed by atoms with E-state index in [9.17, 15) is 14.4 Å². The molecule has 0 radical (unpaired) electrons. The number of pyridine rings is 2. The molecule has 0 saturated carbocycles. The van der Waals surface area contributed by atoms with Gasteiger partial charge < -0.3 is 19.9 Å². The highest BCUT2D eigenvalue weighted by molar-refractivity contribution is 5.89. The maximum atomic E-state index is 11.9. The van der Waals surface area contributed by atoms with Crippen LogP contribution in [0.4, 0.5) is 4.79 Å². The molecule has 0 aromatic carbocycles. The van der Waals surface area contributed by atoms with E-state index in [1.165, 1.54) is 16.7 Å². The van der Waals surface area contributed by atoms with Crippen molar-refractivity contribution in [2.24, 2.45) is 0 Å². The predicted octanol–water partition coefficient (Wildman–Crippen LogP) is 2.29. The Bertz CT molecular complexity index is 866. The number of carboxylic acid groups (broad SMARTS) is 1. The van der Waals surface area contributed by atoms with Crippen LogP contribution < -0.4 is 15.6 Å². The van der Waals surface area contributed by atoms with Crippen molar-refractivity contribution in [2.75, 3.05) is 13.2 Å². The molecule has 140 valence electrons. The first-order chi connectivity index (χ1) is 12.2. The Kier molecular flexibility index (Phi) is 5.86. The summed E-state index contributed by atoms with van der Waals surface area (Å²) in [4.78, 5) is 34.4. The molecule has 1 amide bonds. The van der Waals surface area contributed by atoms with Crippen LogP contribution in [-0.2, 0) is 4.74 Å². The average molecular weight is 362 g/mol. The number of alkyl carbamates (subject to hydrolysis) is 1. The fourth-order valence-corrected chi connectivity index (χ4v) is 2.19. The Morgan fingerprint density at radius 2 is 1.96 bits per heavy atom. The predicted molar refractivity (Wildman–Crippen MR) is 95.0 cm³/mol. The van der Waals surface area contributed by atoms with E-state index < -0.39 is 23.2 Å². The number of aromatic carboxylic acids is 1. The molecule has 0 spiro atoms. The minimum Gasteiger partial charge on any atom is -0.493 e. The van der Waals surface area contributed by atoms with E-state index in [4.69, 9.17) is 14.6 Å². The monoisotopic (exact) mass is 362 g/mol. The van der Waals surface area contributed by atoms with Crippen molar-refractivity contribution in [3.8, 4) is 5.75 Å². The number of nitrogens with zero attached hydrogens (tertiary/aromatic N) is 1. The molecular weight excluding hydrogens is 340 g/mol. The highest BCUT2D eigenvalue weighted by Gasteiger charge is 2.15. The third kappa shape index (κ3) is 5.51. The smallest absolute Gasteiger partial charge is 0.407 e. The summed E-state index contributed by atoms with van der Waals surface area (Å²) in [6.45, 7) is 6.10. The fraction of sp³-hybridized carbons (Fsp3) is 0.389. The van der Waals surface area contributed by atoms with Gasteiger partial charge in [-0.05, 0) is 39.3 Å². The number of amides is 1. The minimum absolute atomic E-state index is 0.0753. The van der Waals surface area contributed by atoms with Gasteiger partial charge in [0, 0.05) is 24.9 Å². The normalized spacial score (nSPS) is 11.2. The highest BCUT2D eigenvalue weighted by Crippen LogP contribution is 2.15. The molecule has 0 aliphatic carbocycles. The van der Waals surface area contributed by atoms with Crippen LogP contribution in [0.1, 0.15) is 37.6 Å². The molecule has 8 heteroatoms. The number of carbonyl (C=O) groups excluding carboxylic acids is 1. The molecule has 2 aromatic heterocycles. The first kappa shape index (κ1) is 19.3. The van der Waals surface area contributed by atoms with E-state index in [1.54, 1.807) is 32.9 Å². The molecule has 2 heterocycles. The van der Waals surface area contributed by atoms with Gasteiger partial charge in [-0.2, -0.15) is 0 Å². The second kappa shape index (κ2) is 7.90. The molecule has 0 atom stereocenters. The maximum Gasteiger partial charge on any atom is 0.407 e. The van der Waals surface area contributed by atoms with Gasteiger partial charge in [-0.25, -0.2) is 9.59 Å². The number of carbonyl (C=O) groups is 2. The quantitative estimate of drug-likeness (QED) is 0.764. The summed E-state index contributed by atoms with van der Waals surface area (Å²) in [6, 6.07) is 5.68. The van der Waals surface area contributed by atoms with Crippen molar-refractivity contribution in [3.05, 3.63) is 46.4 Å². The highest BCUT2D eigenvalue weighted by atomic mass is 16.6. The fourth-order valence-electron chi connectivity index (χ4n) is 2.19. The summed E-state index contributed by atoms with van der Waals surface area (Å²) in [5.41, 5.74) is -0.612. The lowest BCUT2D eigenvalue weighted by Crippen LogP contribution is -2.33. The zero-order chi connectivity index (χ0) is 19.3. The van der Waals surface area contributed by atoms with Crippen molar-refractivity contribution in [1.29, 1.82) is 0 Å². The van der Waals surface area contributed by atoms with E-state index >= 15 is 0 Å². The number of hydrogen-bond acceptors (Lipinski definition) is 5. The zero-order valence-electron chi connectivity index (χ0n) is 14.9. The zero-order valence-corrected chi connectivity index (χ0v) is 14.9. The van der Waals surface area contributed by atoms with Crippen LogP contribution in [0.15, 0.2) is 35.3 Å². The van der Waals surface area contributed by atoms with Gasteiger partial charge in [-0.3, -0.25) is 9.20 Å². The van der Waals surface area contributed by atoms with Gasteiger partial charge in [0.25, 0.3) is 5.56 Å². The van der Waals surface area contributed by atoms with Crippen molar-refractivity contribution in [2.45, 2.75) is 32.8 Å². The summed E-state index contributed by atoms with van der Waals surface area (Å²) in [6.07, 6.45) is 1.60. The second-order valence-electron chi connectivity index (χ2n) is 6.68. The number of carboxylic acids is 1. The largest absolute Gasteiger partial charge is 0.493 e. The lowest BCUT2D eigenvalue weighted by molar-refractivity contribution is 0.0525.